The minimum absolute atomic E-state index is 0.0574. The molecule has 1 N–H and O–H groups in total. The molecule has 0 fully saturated rings. The quantitative estimate of drug-likeness (QED) is 0.332. The van der Waals surface area contributed by atoms with Crippen molar-refractivity contribution in [3.63, 3.8) is 0 Å². The van der Waals surface area contributed by atoms with E-state index < -0.39 is 16.3 Å². The van der Waals surface area contributed by atoms with E-state index in [1.165, 1.54) is 22.9 Å². The lowest BCUT2D eigenvalue weighted by Crippen LogP contribution is -2.25. The number of hydrogen-bond donors (Lipinski definition) is 1. The van der Waals surface area contributed by atoms with E-state index >= 15 is 0 Å². The van der Waals surface area contributed by atoms with Crippen molar-refractivity contribution in [2.75, 3.05) is 5.32 Å². The van der Waals surface area contributed by atoms with Crippen molar-refractivity contribution in [1.82, 2.24) is 9.78 Å². The third kappa shape index (κ3) is 4.37. The van der Waals surface area contributed by atoms with Crippen molar-refractivity contribution in [3.05, 3.63) is 115 Å². The molecule has 0 atom stereocenters. The van der Waals surface area contributed by atoms with Gasteiger partial charge in [-0.25, -0.2) is 4.68 Å². The number of aryl methyl sites for hydroxylation is 1. The monoisotopic (exact) mass is 460 g/mol. The predicted octanol–water partition coefficient (Wildman–Crippen LogP) is 5.02. The lowest BCUT2D eigenvalue weighted by atomic mass is 10.0. The average molecular weight is 461 g/mol. The molecule has 1 aromatic heterocycles. The zero-order valence-corrected chi connectivity index (χ0v) is 18.1. The molecule has 9 heteroatoms. The molecular formula is C24H17ClN4O4. The minimum atomic E-state index is -0.637. The summed E-state index contributed by atoms with van der Waals surface area (Å²) in [5, 5.41) is 18.6. The Balaban J connectivity index is 1.95. The minimum Gasteiger partial charge on any atom is -0.306 e. The number of carbonyl (C=O) groups excluding carboxylic acids is 1. The zero-order chi connectivity index (χ0) is 23.5. The van der Waals surface area contributed by atoms with Crippen molar-refractivity contribution >= 4 is 29.0 Å². The van der Waals surface area contributed by atoms with Crippen LogP contribution in [-0.4, -0.2) is 20.6 Å². The second-order valence-electron chi connectivity index (χ2n) is 7.13. The van der Waals surface area contributed by atoms with Gasteiger partial charge in [0.05, 0.1) is 16.2 Å². The highest BCUT2D eigenvalue weighted by atomic mass is 35.5. The van der Waals surface area contributed by atoms with E-state index in [9.17, 15) is 19.7 Å². The van der Waals surface area contributed by atoms with Crippen LogP contribution in [0.3, 0.4) is 0 Å². The SMILES string of the molecule is Cc1nn(-c2ccccc2)c(NC(=O)c2cccc([N+](=O)[O-])c2)c(-c2ccccc2Cl)c1=O. The highest BCUT2D eigenvalue weighted by Gasteiger charge is 2.22. The van der Waals surface area contributed by atoms with Crippen LogP contribution in [0.5, 0.6) is 0 Å². The second-order valence-corrected chi connectivity index (χ2v) is 7.53. The van der Waals surface area contributed by atoms with Crippen LogP contribution >= 0.6 is 11.6 Å². The van der Waals surface area contributed by atoms with Crippen LogP contribution in [0.4, 0.5) is 11.5 Å². The number of carbonyl (C=O) groups is 1. The van der Waals surface area contributed by atoms with Crippen molar-refractivity contribution in [2.24, 2.45) is 0 Å². The Morgan fingerprint density at radius 1 is 1.03 bits per heavy atom. The molecule has 0 aliphatic rings. The third-order valence-electron chi connectivity index (χ3n) is 4.95. The first kappa shape index (κ1) is 21.9. The molecule has 0 saturated heterocycles. The number of anilines is 1. The maximum atomic E-state index is 13.2. The molecule has 4 aromatic rings. The number of aromatic nitrogens is 2. The largest absolute Gasteiger partial charge is 0.306 e. The fraction of sp³-hybridized carbons (Fsp3) is 0.0417. The van der Waals surface area contributed by atoms with E-state index in [0.717, 1.165) is 6.07 Å². The first-order valence-corrected chi connectivity index (χ1v) is 10.2. The van der Waals surface area contributed by atoms with Gasteiger partial charge in [-0.05, 0) is 31.2 Å². The number of nitrogens with zero attached hydrogens (tertiary/aromatic N) is 3. The number of nitrogens with one attached hydrogen (secondary N) is 1. The maximum absolute atomic E-state index is 13.2. The first-order valence-electron chi connectivity index (χ1n) is 9.87. The van der Waals surface area contributed by atoms with Gasteiger partial charge in [0.15, 0.2) is 0 Å². The maximum Gasteiger partial charge on any atom is 0.270 e. The van der Waals surface area contributed by atoms with Gasteiger partial charge in [0, 0.05) is 28.3 Å². The second kappa shape index (κ2) is 9.05. The fourth-order valence-corrected chi connectivity index (χ4v) is 3.60. The molecule has 0 radical (unpaired) electrons. The summed E-state index contributed by atoms with van der Waals surface area (Å²) >= 11 is 6.41. The molecule has 164 valence electrons. The molecule has 8 nitrogen and oxygen atoms in total. The predicted molar refractivity (Wildman–Crippen MR) is 126 cm³/mol. The molecule has 0 unspecified atom stereocenters. The molecule has 0 saturated carbocycles. The van der Waals surface area contributed by atoms with Gasteiger partial charge in [-0.2, -0.15) is 5.10 Å². The Kier molecular flexibility index (Phi) is 6.01. The van der Waals surface area contributed by atoms with Gasteiger partial charge in [0.25, 0.3) is 11.6 Å². The van der Waals surface area contributed by atoms with Crippen LogP contribution in [0.1, 0.15) is 16.1 Å². The van der Waals surface area contributed by atoms with Crippen LogP contribution < -0.4 is 10.7 Å². The lowest BCUT2D eigenvalue weighted by molar-refractivity contribution is -0.384. The van der Waals surface area contributed by atoms with Crippen LogP contribution in [0.25, 0.3) is 16.8 Å². The summed E-state index contributed by atoms with van der Waals surface area (Å²) in [5.41, 5.74) is 0.831. The number of hydrogen-bond acceptors (Lipinski definition) is 5. The first-order chi connectivity index (χ1) is 15.9. The highest BCUT2D eigenvalue weighted by Crippen LogP contribution is 2.32. The molecule has 4 rings (SSSR count). The van der Waals surface area contributed by atoms with E-state index in [-0.39, 0.29) is 28.3 Å². The summed E-state index contributed by atoms with van der Waals surface area (Å²) < 4.78 is 1.45. The Morgan fingerprint density at radius 2 is 1.73 bits per heavy atom. The van der Waals surface area contributed by atoms with Gasteiger partial charge in [-0.1, -0.05) is 54.1 Å². The summed E-state index contributed by atoms with van der Waals surface area (Å²) in [7, 11) is 0. The summed E-state index contributed by atoms with van der Waals surface area (Å²) in [6, 6.07) is 21.1. The standard InChI is InChI=1S/C24H17ClN4O4/c1-15-22(30)21(19-12-5-6-13-20(19)25)23(28(27-15)17-9-3-2-4-10-17)26-24(31)16-8-7-11-18(14-16)29(32)33/h2-14H,1H3,(H,26,31). The summed E-state index contributed by atoms with van der Waals surface area (Å²) in [4.78, 5) is 36.9. The van der Waals surface area contributed by atoms with E-state index in [0.29, 0.717) is 16.3 Å². The van der Waals surface area contributed by atoms with Crippen LogP contribution in [-0.2, 0) is 0 Å². The van der Waals surface area contributed by atoms with Gasteiger partial charge in [-0.15, -0.1) is 0 Å². The molecule has 3 aromatic carbocycles. The Hall–Kier alpha value is -4.30. The summed E-state index contributed by atoms with van der Waals surface area (Å²) in [5.74, 6) is -0.539. The number of non-ortho nitro benzene ring substituents is 1. The molecule has 0 bridgehead atoms. The molecular weight excluding hydrogens is 444 g/mol. The van der Waals surface area contributed by atoms with Crippen LogP contribution in [0.2, 0.25) is 5.02 Å². The number of halogens is 1. The van der Waals surface area contributed by atoms with Gasteiger partial charge >= 0.3 is 0 Å². The van der Waals surface area contributed by atoms with Crippen molar-refractivity contribution in [1.29, 1.82) is 0 Å². The van der Waals surface area contributed by atoms with Crippen molar-refractivity contribution in [2.45, 2.75) is 6.92 Å². The fourth-order valence-electron chi connectivity index (χ4n) is 3.37. The van der Waals surface area contributed by atoms with Gasteiger partial charge in [0.1, 0.15) is 11.5 Å². The molecule has 0 spiro atoms. The molecule has 1 amide bonds. The van der Waals surface area contributed by atoms with Crippen molar-refractivity contribution in [3.8, 4) is 16.8 Å². The number of para-hydroxylation sites is 1. The molecule has 33 heavy (non-hydrogen) atoms. The topological polar surface area (TPSA) is 107 Å². The van der Waals surface area contributed by atoms with Crippen molar-refractivity contribution < 1.29 is 9.72 Å². The van der Waals surface area contributed by atoms with Gasteiger partial charge in [-0.3, -0.25) is 19.7 Å². The van der Waals surface area contributed by atoms with Gasteiger partial charge < -0.3 is 5.32 Å². The van der Waals surface area contributed by atoms with E-state index in [1.807, 2.05) is 6.07 Å². The molecule has 0 aliphatic heterocycles. The third-order valence-corrected chi connectivity index (χ3v) is 5.28. The zero-order valence-electron chi connectivity index (χ0n) is 17.4. The number of rotatable bonds is 5. The molecule has 0 aliphatic carbocycles. The normalized spacial score (nSPS) is 10.6. The van der Waals surface area contributed by atoms with E-state index in [4.69, 9.17) is 11.6 Å². The summed E-state index contributed by atoms with van der Waals surface area (Å²) in [6.45, 7) is 1.58. The number of nitro groups is 1. The number of amides is 1. The number of nitro benzene ring substituents is 1. The Morgan fingerprint density at radius 3 is 2.42 bits per heavy atom. The van der Waals surface area contributed by atoms with Gasteiger partial charge in [0.2, 0.25) is 5.43 Å². The van der Waals surface area contributed by atoms with E-state index in [2.05, 4.69) is 10.4 Å². The smallest absolute Gasteiger partial charge is 0.270 e. The lowest BCUT2D eigenvalue weighted by Gasteiger charge is -2.19. The van der Waals surface area contributed by atoms with Crippen LogP contribution in [0.15, 0.2) is 83.7 Å². The number of benzene rings is 3. The highest BCUT2D eigenvalue weighted by molar-refractivity contribution is 6.33. The Labute approximate surface area is 193 Å². The van der Waals surface area contributed by atoms with E-state index in [1.54, 1.807) is 55.5 Å². The Bertz CT molecular complexity index is 1430. The molecule has 1 heterocycles. The van der Waals surface area contributed by atoms with Crippen LogP contribution in [0, 0.1) is 17.0 Å². The average Bonchev–Trinajstić information content (AvgIpc) is 2.83. The summed E-state index contributed by atoms with van der Waals surface area (Å²) in [6.07, 6.45) is 0.